The monoisotopic (exact) mass is 459 g/mol. The average Bonchev–Trinajstić information content (AvgIpc) is 3.47. The third-order valence-corrected chi connectivity index (χ3v) is 5.83. The number of fused-ring (bicyclic) bond motifs is 1. The minimum atomic E-state index is -1.28. The molecule has 0 aliphatic heterocycles. The summed E-state index contributed by atoms with van der Waals surface area (Å²) in [5.74, 6) is 0.488. The average molecular weight is 460 g/mol. The van der Waals surface area contributed by atoms with E-state index in [0.29, 0.717) is 40.6 Å². The second-order valence-corrected chi connectivity index (χ2v) is 8.36. The fourth-order valence-electron chi connectivity index (χ4n) is 3.75. The molecule has 0 aliphatic carbocycles. The fraction of sp³-hybridized carbons (Fsp3) is 0.333. The van der Waals surface area contributed by atoms with Crippen LogP contribution in [0.5, 0.6) is 0 Å². The van der Waals surface area contributed by atoms with Gasteiger partial charge in [0.15, 0.2) is 5.65 Å². The summed E-state index contributed by atoms with van der Waals surface area (Å²) in [4.78, 5) is 27.8. The number of aromatic amines is 1. The second kappa shape index (κ2) is 9.14. The zero-order chi connectivity index (χ0) is 24.5. The summed E-state index contributed by atoms with van der Waals surface area (Å²) in [7, 11) is 7.30. The Morgan fingerprint density at radius 1 is 1.24 bits per heavy atom. The van der Waals surface area contributed by atoms with Crippen molar-refractivity contribution in [1.29, 1.82) is 0 Å². The Morgan fingerprint density at radius 3 is 2.68 bits per heavy atom. The molecule has 0 aromatic carbocycles. The summed E-state index contributed by atoms with van der Waals surface area (Å²) in [6.45, 7) is 3.80. The van der Waals surface area contributed by atoms with Crippen LogP contribution in [0.1, 0.15) is 26.0 Å². The Bertz CT molecular complexity index is 1380. The molecule has 0 aliphatic rings. The van der Waals surface area contributed by atoms with Gasteiger partial charge in [-0.05, 0) is 31.1 Å². The number of hydrogen-bond donors (Lipinski definition) is 2. The van der Waals surface area contributed by atoms with Crippen LogP contribution in [-0.2, 0) is 12.6 Å². The number of aromatic nitrogens is 7. The molecule has 0 radical (unpaired) electrons. The van der Waals surface area contributed by atoms with Crippen LogP contribution in [0.4, 0.5) is 5.95 Å². The molecule has 0 saturated heterocycles. The maximum atomic E-state index is 11.6. The summed E-state index contributed by atoms with van der Waals surface area (Å²) < 4.78 is 1.73. The molecule has 4 rings (SSSR count). The van der Waals surface area contributed by atoms with Crippen LogP contribution in [0.25, 0.3) is 33.7 Å². The highest BCUT2D eigenvalue weighted by molar-refractivity contribution is 5.90. The van der Waals surface area contributed by atoms with Gasteiger partial charge >= 0.3 is 0 Å². The summed E-state index contributed by atoms with van der Waals surface area (Å²) in [6, 6.07) is 1.82. The second-order valence-electron chi connectivity index (χ2n) is 8.36. The number of nitrogens with one attached hydrogen (secondary N) is 1. The first kappa shape index (κ1) is 23.2. The molecular formula is C24H29N9O. The highest BCUT2D eigenvalue weighted by Gasteiger charge is 2.32. The van der Waals surface area contributed by atoms with Crippen molar-refractivity contribution in [2.24, 2.45) is 12.0 Å². The SMILES string of the molecule is CCC(O)(C(C)=CC=NC)c1cc(-c2c[nH]c3ncc(-c4cnn(C)c4)nc23)nc(N(C)C)n1. The van der Waals surface area contributed by atoms with Crippen molar-refractivity contribution in [3.8, 4) is 22.5 Å². The molecule has 2 N–H and O–H groups in total. The number of aliphatic hydroxyl groups is 1. The highest BCUT2D eigenvalue weighted by atomic mass is 16.3. The Morgan fingerprint density at radius 2 is 2.03 bits per heavy atom. The van der Waals surface area contributed by atoms with E-state index in [9.17, 15) is 5.11 Å². The third-order valence-electron chi connectivity index (χ3n) is 5.83. The third kappa shape index (κ3) is 4.19. The van der Waals surface area contributed by atoms with E-state index in [-0.39, 0.29) is 0 Å². The number of H-pyrrole nitrogens is 1. The maximum absolute atomic E-state index is 11.6. The Balaban J connectivity index is 1.90. The molecule has 34 heavy (non-hydrogen) atoms. The Kier molecular flexibility index (Phi) is 6.25. The van der Waals surface area contributed by atoms with Crippen LogP contribution in [-0.4, -0.2) is 67.2 Å². The van der Waals surface area contributed by atoms with Gasteiger partial charge in [-0.3, -0.25) is 9.67 Å². The number of hydrogen-bond acceptors (Lipinski definition) is 8. The molecule has 0 bridgehead atoms. The van der Waals surface area contributed by atoms with E-state index in [1.807, 2.05) is 58.4 Å². The molecular weight excluding hydrogens is 430 g/mol. The van der Waals surface area contributed by atoms with Crippen molar-refractivity contribution < 1.29 is 5.11 Å². The number of allylic oxidation sites excluding steroid dienone is 1. The molecule has 10 nitrogen and oxygen atoms in total. The summed E-state index contributed by atoms with van der Waals surface area (Å²) >= 11 is 0. The van der Waals surface area contributed by atoms with Gasteiger partial charge in [0.2, 0.25) is 5.95 Å². The number of aryl methyl sites for hydroxylation is 1. The highest BCUT2D eigenvalue weighted by Crippen LogP contribution is 2.35. The molecule has 0 saturated carbocycles. The number of aliphatic imine (C=N–C) groups is 1. The zero-order valence-corrected chi connectivity index (χ0v) is 20.3. The quantitative estimate of drug-likeness (QED) is 0.407. The summed E-state index contributed by atoms with van der Waals surface area (Å²) in [5.41, 5.74) is 4.31. The van der Waals surface area contributed by atoms with E-state index in [1.54, 1.807) is 36.4 Å². The smallest absolute Gasteiger partial charge is 0.225 e. The Hall–Kier alpha value is -3.92. The van der Waals surface area contributed by atoms with E-state index < -0.39 is 5.60 Å². The minimum absolute atomic E-state index is 0.440. The van der Waals surface area contributed by atoms with Crippen LogP contribution in [0.15, 0.2) is 47.5 Å². The van der Waals surface area contributed by atoms with Crippen LogP contribution in [0.2, 0.25) is 0 Å². The minimum Gasteiger partial charge on any atom is -0.379 e. The van der Waals surface area contributed by atoms with Gasteiger partial charge in [0.1, 0.15) is 11.1 Å². The van der Waals surface area contributed by atoms with E-state index >= 15 is 0 Å². The molecule has 1 unspecified atom stereocenters. The number of rotatable bonds is 7. The van der Waals surface area contributed by atoms with E-state index in [2.05, 4.69) is 25.0 Å². The van der Waals surface area contributed by atoms with Gasteiger partial charge in [-0.2, -0.15) is 5.10 Å². The van der Waals surface area contributed by atoms with Crippen LogP contribution < -0.4 is 4.90 Å². The lowest BCUT2D eigenvalue weighted by atomic mass is 9.87. The lowest BCUT2D eigenvalue weighted by Crippen LogP contribution is -2.29. The zero-order valence-electron chi connectivity index (χ0n) is 20.3. The lowest BCUT2D eigenvalue weighted by Gasteiger charge is -2.28. The molecule has 4 aromatic heterocycles. The van der Waals surface area contributed by atoms with Gasteiger partial charge in [-0.1, -0.05) is 6.92 Å². The van der Waals surface area contributed by atoms with Gasteiger partial charge in [0.25, 0.3) is 0 Å². The van der Waals surface area contributed by atoms with Gasteiger partial charge < -0.3 is 15.0 Å². The van der Waals surface area contributed by atoms with E-state index in [4.69, 9.17) is 9.97 Å². The predicted octanol–water partition coefficient (Wildman–Crippen LogP) is 3.13. The van der Waals surface area contributed by atoms with Crippen molar-refractivity contribution in [2.45, 2.75) is 25.9 Å². The normalized spacial score (nSPS) is 14.1. The first-order valence-corrected chi connectivity index (χ1v) is 11.0. The number of anilines is 1. The largest absolute Gasteiger partial charge is 0.379 e. The van der Waals surface area contributed by atoms with Crippen molar-refractivity contribution in [3.05, 3.63) is 48.2 Å². The molecule has 4 aromatic rings. The topological polar surface area (TPSA) is 121 Å². The standard InChI is InChI=1S/C24H29N9O/c1-7-24(34,15(2)8-9-25-3)20-10-18(30-23(31-20)32(4)5)17-12-26-22-21(17)29-19(13-27-22)16-11-28-33(6)14-16/h8-14,34H,7H2,1-6H3,(H,26,27). The maximum Gasteiger partial charge on any atom is 0.225 e. The molecule has 0 amide bonds. The summed E-state index contributed by atoms with van der Waals surface area (Å²) in [6.07, 6.45) is 11.1. The number of nitrogens with zero attached hydrogens (tertiary/aromatic N) is 8. The molecule has 10 heteroatoms. The molecule has 0 spiro atoms. The Labute approximate surface area is 198 Å². The van der Waals surface area contributed by atoms with Crippen LogP contribution in [0, 0.1) is 0 Å². The van der Waals surface area contributed by atoms with Gasteiger partial charge in [-0.15, -0.1) is 0 Å². The molecule has 4 heterocycles. The van der Waals surface area contributed by atoms with Crippen molar-refractivity contribution in [3.63, 3.8) is 0 Å². The van der Waals surface area contributed by atoms with Crippen molar-refractivity contribution >= 4 is 23.3 Å². The van der Waals surface area contributed by atoms with Crippen molar-refractivity contribution in [2.75, 3.05) is 26.0 Å². The summed E-state index contributed by atoms with van der Waals surface area (Å²) in [5, 5.41) is 15.9. The molecule has 1 atom stereocenters. The van der Waals surface area contributed by atoms with Gasteiger partial charge in [0.05, 0.1) is 29.5 Å². The fourth-order valence-corrected chi connectivity index (χ4v) is 3.75. The van der Waals surface area contributed by atoms with Crippen LogP contribution >= 0.6 is 0 Å². The first-order valence-electron chi connectivity index (χ1n) is 11.0. The van der Waals surface area contributed by atoms with Crippen molar-refractivity contribution in [1.82, 2.24) is 34.7 Å². The van der Waals surface area contributed by atoms with Gasteiger partial charge in [-0.25, -0.2) is 19.9 Å². The predicted molar refractivity (Wildman–Crippen MR) is 134 cm³/mol. The van der Waals surface area contributed by atoms with E-state index in [1.165, 1.54) is 0 Å². The first-order chi connectivity index (χ1) is 16.3. The van der Waals surface area contributed by atoms with E-state index in [0.717, 1.165) is 16.7 Å². The molecule has 0 fully saturated rings. The lowest BCUT2D eigenvalue weighted by molar-refractivity contribution is 0.0676. The molecule has 176 valence electrons. The van der Waals surface area contributed by atoms with Gasteiger partial charge in [0, 0.05) is 57.9 Å². The van der Waals surface area contributed by atoms with Crippen LogP contribution in [0.3, 0.4) is 0 Å².